The Balaban J connectivity index is 2.15. The Labute approximate surface area is 140 Å². The first-order chi connectivity index (χ1) is 11.6. The van der Waals surface area contributed by atoms with Crippen molar-refractivity contribution in [3.63, 3.8) is 0 Å². The van der Waals surface area contributed by atoms with Crippen LogP contribution in [0.25, 0.3) is 16.8 Å². The third-order valence-electron chi connectivity index (χ3n) is 3.55. The van der Waals surface area contributed by atoms with Crippen LogP contribution in [0, 0.1) is 0 Å². The topological polar surface area (TPSA) is 59.7 Å². The Hall–Kier alpha value is -3.15. The van der Waals surface area contributed by atoms with Gasteiger partial charge in [-0.05, 0) is 36.4 Å². The molecule has 0 aliphatic rings. The number of rotatable bonds is 5. The summed E-state index contributed by atoms with van der Waals surface area (Å²) in [6, 6.07) is 11.1. The SMILES string of the molecule is COc1ccc(-c2nn3ncccc3c2C(=O)C=CN(C)C)cc1. The van der Waals surface area contributed by atoms with Gasteiger partial charge in [-0.15, -0.1) is 5.10 Å². The Bertz CT molecular complexity index is 895. The summed E-state index contributed by atoms with van der Waals surface area (Å²) in [6.45, 7) is 0. The summed E-state index contributed by atoms with van der Waals surface area (Å²) in [6.07, 6.45) is 4.90. The van der Waals surface area contributed by atoms with E-state index in [-0.39, 0.29) is 5.78 Å². The van der Waals surface area contributed by atoms with Crippen molar-refractivity contribution in [2.45, 2.75) is 0 Å². The molecule has 1 aromatic carbocycles. The van der Waals surface area contributed by atoms with Gasteiger partial charge < -0.3 is 9.64 Å². The van der Waals surface area contributed by atoms with Gasteiger partial charge in [-0.2, -0.15) is 9.73 Å². The molecule has 24 heavy (non-hydrogen) atoms. The van der Waals surface area contributed by atoms with E-state index in [0.717, 1.165) is 11.3 Å². The van der Waals surface area contributed by atoms with Crippen LogP contribution in [0.4, 0.5) is 0 Å². The molecule has 2 aromatic heterocycles. The number of benzene rings is 1. The fraction of sp³-hybridized carbons (Fsp3) is 0.167. The van der Waals surface area contributed by atoms with E-state index in [1.54, 1.807) is 25.6 Å². The highest BCUT2D eigenvalue weighted by Crippen LogP contribution is 2.28. The van der Waals surface area contributed by atoms with Crippen LogP contribution in [0.15, 0.2) is 54.9 Å². The van der Waals surface area contributed by atoms with Gasteiger partial charge in [0.2, 0.25) is 0 Å². The summed E-state index contributed by atoms with van der Waals surface area (Å²) in [4.78, 5) is 14.5. The second-order valence-electron chi connectivity index (χ2n) is 5.49. The number of ketones is 1. The molecule has 3 rings (SSSR count). The van der Waals surface area contributed by atoms with Crippen molar-refractivity contribution in [3.05, 3.63) is 60.4 Å². The molecule has 0 amide bonds. The Morgan fingerprint density at radius 1 is 1.21 bits per heavy atom. The lowest BCUT2D eigenvalue weighted by Gasteiger charge is -2.04. The Morgan fingerprint density at radius 3 is 2.62 bits per heavy atom. The predicted octanol–water partition coefficient (Wildman–Crippen LogP) is 2.66. The minimum absolute atomic E-state index is 0.113. The Morgan fingerprint density at radius 2 is 1.96 bits per heavy atom. The predicted molar refractivity (Wildman–Crippen MR) is 92.1 cm³/mol. The second kappa shape index (κ2) is 6.54. The largest absolute Gasteiger partial charge is 0.497 e. The van der Waals surface area contributed by atoms with Gasteiger partial charge in [0, 0.05) is 38.1 Å². The molecule has 0 atom stereocenters. The standard InChI is InChI=1S/C18H18N4O2/c1-21(2)12-10-16(23)17-15-5-4-11-19-22(15)20-18(17)13-6-8-14(24-3)9-7-13/h4-12H,1-3H3. The van der Waals surface area contributed by atoms with Crippen LogP contribution in [-0.2, 0) is 0 Å². The van der Waals surface area contributed by atoms with Gasteiger partial charge in [0.15, 0.2) is 5.78 Å². The fourth-order valence-electron chi connectivity index (χ4n) is 2.39. The van der Waals surface area contributed by atoms with Crippen LogP contribution in [0.5, 0.6) is 5.75 Å². The van der Waals surface area contributed by atoms with E-state index in [9.17, 15) is 4.79 Å². The maximum atomic E-state index is 12.7. The summed E-state index contributed by atoms with van der Waals surface area (Å²) in [5.74, 6) is 0.638. The number of hydrogen-bond acceptors (Lipinski definition) is 5. The lowest BCUT2D eigenvalue weighted by atomic mass is 10.0. The maximum absolute atomic E-state index is 12.7. The van der Waals surface area contributed by atoms with E-state index >= 15 is 0 Å². The molecule has 0 fully saturated rings. The monoisotopic (exact) mass is 322 g/mol. The molecule has 0 unspecified atom stereocenters. The lowest BCUT2D eigenvalue weighted by Crippen LogP contribution is -2.04. The first kappa shape index (κ1) is 15.7. The van der Waals surface area contributed by atoms with Crippen molar-refractivity contribution < 1.29 is 9.53 Å². The van der Waals surface area contributed by atoms with Gasteiger partial charge in [-0.1, -0.05) is 0 Å². The van der Waals surface area contributed by atoms with E-state index in [1.807, 2.05) is 49.3 Å². The molecule has 3 aromatic rings. The minimum atomic E-state index is -0.113. The first-order valence-electron chi connectivity index (χ1n) is 7.47. The van der Waals surface area contributed by atoms with E-state index in [1.165, 1.54) is 10.7 Å². The van der Waals surface area contributed by atoms with Gasteiger partial charge >= 0.3 is 0 Å². The molecule has 0 N–H and O–H groups in total. The van der Waals surface area contributed by atoms with Crippen LogP contribution >= 0.6 is 0 Å². The molecule has 0 bridgehead atoms. The van der Waals surface area contributed by atoms with Crippen LogP contribution < -0.4 is 4.74 Å². The number of ether oxygens (including phenoxy) is 1. The van der Waals surface area contributed by atoms with E-state index < -0.39 is 0 Å². The summed E-state index contributed by atoms with van der Waals surface area (Å²) >= 11 is 0. The zero-order valence-electron chi connectivity index (χ0n) is 13.8. The van der Waals surface area contributed by atoms with Gasteiger partial charge in [0.05, 0.1) is 18.2 Å². The average molecular weight is 322 g/mol. The van der Waals surface area contributed by atoms with Gasteiger partial charge in [-0.3, -0.25) is 4.79 Å². The highest BCUT2D eigenvalue weighted by molar-refractivity contribution is 6.13. The van der Waals surface area contributed by atoms with E-state index in [0.29, 0.717) is 16.8 Å². The molecule has 0 aliphatic carbocycles. The minimum Gasteiger partial charge on any atom is -0.497 e. The fourth-order valence-corrected chi connectivity index (χ4v) is 2.39. The van der Waals surface area contributed by atoms with Gasteiger partial charge in [0.1, 0.15) is 11.4 Å². The highest BCUT2D eigenvalue weighted by Gasteiger charge is 2.19. The molecule has 2 heterocycles. The molecule has 0 saturated carbocycles. The zero-order valence-corrected chi connectivity index (χ0v) is 13.8. The number of methoxy groups -OCH3 is 1. The maximum Gasteiger partial charge on any atom is 0.191 e. The summed E-state index contributed by atoms with van der Waals surface area (Å²) in [7, 11) is 5.35. The van der Waals surface area contributed by atoms with Gasteiger partial charge in [-0.25, -0.2) is 0 Å². The summed E-state index contributed by atoms with van der Waals surface area (Å²) < 4.78 is 6.67. The van der Waals surface area contributed by atoms with E-state index in [2.05, 4.69) is 10.2 Å². The lowest BCUT2D eigenvalue weighted by molar-refractivity contribution is 0.104. The molecule has 0 aliphatic heterocycles. The van der Waals surface area contributed by atoms with Crippen molar-refractivity contribution >= 4 is 11.3 Å². The zero-order chi connectivity index (χ0) is 17.1. The first-order valence-corrected chi connectivity index (χ1v) is 7.47. The number of fused-ring (bicyclic) bond motifs is 1. The van der Waals surface area contributed by atoms with Crippen molar-refractivity contribution in [1.82, 2.24) is 19.7 Å². The van der Waals surface area contributed by atoms with Crippen LogP contribution in [-0.4, -0.2) is 46.7 Å². The van der Waals surface area contributed by atoms with Crippen molar-refractivity contribution in [2.24, 2.45) is 0 Å². The summed E-state index contributed by atoms with van der Waals surface area (Å²) in [5.41, 5.74) is 2.65. The third kappa shape index (κ3) is 2.99. The number of aromatic nitrogens is 3. The van der Waals surface area contributed by atoms with Crippen LogP contribution in [0.3, 0.4) is 0 Å². The molecular weight excluding hydrogens is 304 g/mol. The molecular formula is C18H18N4O2. The van der Waals surface area contributed by atoms with Crippen molar-refractivity contribution in [3.8, 4) is 17.0 Å². The highest BCUT2D eigenvalue weighted by atomic mass is 16.5. The summed E-state index contributed by atoms with van der Waals surface area (Å²) in [5, 5.41) is 8.68. The van der Waals surface area contributed by atoms with Crippen LogP contribution in [0.2, 0.25) is 0 Å². The molecule has 0 saturated heterocycles. The smallest absolute Gasteiger partial charge is 0.191 e. The number of carbonyl (C=O) groups excluding carboxylic acids is 1. The number of carbonyl (C=O) groups is 1. The second-order valence-corrected chi connectivity index (χ2v) is 5.49. The Kier molecular flexibility index (Phi) is 4.29. The molecule has 0 spiro atoms. The average Bonchev–Trinajstić information content (AvgIpc) is 2.99. The molecule has 6 nitrogen and oxygen atoms in total. The normalized spacial score (nSPS) is 11.1. The molecule has 0 radical (unpaired) electrons. The van der Waals surface area contributed by atoms with Crippen molar-refractivity contribution in [1.29, 1.82) is 0 Å². The number of allylic oxidation sites excluding steroid dienone is 1. The quantitative estimate of drug-likeness (QED) is 0.534. The van der Waals surface area contributed by atoms with Crippen molar-refractivity contribution in [2.75, 3.05) is 21.2 Å². The van der Waals surface area contributed by atoms with E-state index in [4.69, 9.17) is 4.74 Å². The molecule has 122 valence electrons. The number of nitrogens with zero attached hydrogens (tertiary/aromatic N) is 4. The van der Waals surface area contributed by atoms with Gasteiger partial charge in [0.25, 0.3) is 0 Å². The molecule has 6 heteroatoms. The van der Waals surface area contributed by atoms with Crippen LogP contribution in [0.1, 0.15) is 10.4 Å². The number of hydrogen-bond donors (Lipinski definition) is 0. The third-order valence-corrected chi connectivity index (χ3v) is 3.55.